The summed E-state index contributed by atoms with van der Waals surface area (Å²) in [6, 6.07) is 22.6. The normalized spacial score (nSPS) is 31.8. The van der Waals surface area contributed by atoms with Crippen LogP contribution in [-0.2, 0) is 15.3 Å². The molecule has 1 N–H and O–H groups in total. The van der Waals surface area contributed by atoms with Crippen LogP contribution in [0, 0.1) is 63.1 Å². The molecular formula is C23H18N4O2. The van der Waals surface area contributed by atoms with Gasteiger partial charge in [0.1, 0.15) is 6.10 Å². The molecule has 0 radical (unpaired) electrons. The highest BCUT2D eigenvalue weighted by Gasteiger charge is 2.79. The molecule has 0 aromatic heterocycles. The lowest BCUT2D eigenvalue weighted by molar-refractivity contribution is -0.288. The van der Waals surface area contributed by atoms with E-state index in [9.17, 15) is 15.8 Å². The van der Waals surface area contributed by atoms with Crippen LogP contribution in [0.5, 0.6) is 0 Å². The van der Waals surface area contributed by atoms with Gasteiger partial charge in [-0.25, -0.2) is 0 Å². The van der Waals surface area contributed by atoms with Crippen LogP contribution in [-0.4, -0.2) is 5.90 Å². The molecule has 4 rings (SSSR count). The van der Waals surface area contributed by atoms with E-state index in [1.807, 2.05) is 49.4 Å². The number of ether oxygens (including phenoxy) is 2. The molecule has 0 amide bonds. The fourth-order valence-corrected chi connectivity index (χ4v) is 4.58. The summed E-state index contributed by atoms with van der Waals surface area (Å²) in [6.45, 7) is 3.63. The molecule has 6 heteroatoms. The number of fused-ring (bicyclic) bond motifs is 2. The Bertz CT molecular complexity index is 1090. The Balaban J connectivity index is 2.04. The molecule has 2 heterocycles. The Morgan fingerprint density at radius 3 is 2.10 bits per heavy atom. The topological polar surface area (TPSA) is 114 Å². The van der Waals surface area contributed by atoms with Gasteiger partial charge >= 0.3 is 0 Å². The lowest BCUT2D eigenvalue weighted by Gasteiger charge is -2.48. The van der Waals surface area contributed by atoms with Gasteiger partial charge in [-0.1, -0.05) is 67.1 Å². The smallest absolute Gasteiger partial charge is 0.244 e. The molecule has 0 saturated carbocycles. The molecule has 29 heavy (non-hydrogen) atoms. The number of hydrogen-bond acceptors (Lipinski definition) is 6. The molecular weight excluding hydrogens is 364 g/mol. The van der Waals surface area contributed by atoms with E-state index < -0.39 is 34.5 Å². The molecule has 0 spiro atoms. The first-order valence-corrected chi connectivity index (χ1v) is 9.23. The molecule has 2 bridgehead atoms. The Morgan fingerprint density at radius 2 is 1.55 bits per heavy atom. The minimum atomic E-state index is -1.94. The highest BCUT2D eigenvalue weighted by atomic mass is 16.7. The van der Waals surface area contributed by atoms with E-state index >= 15 is 0 Å². The van der Waals surface area contributed by atoms with E-state index in [4.69, 9.17) is 14.9 Å². The monoisotopic (exact) mass is 382 g/mol. The Labute approximate surface area is 169 Å². The molecule has 4 atom stereocenters. The molecule has 142 valence electrons. The molecule has 2 aromatic carbocycles. The van der Waals surface area contributed by atoms with Gasteiger partial charge in [-0.2, -0.15) is 15.8 Å². The number of nitriles is 3. The van der Waals surface area contributed by atoms with Crippen molar-refractivity contribution in [3.05, 3.63) is 71.3 Å². The maximum atomic E-state index is 10.2. The Hall–Kier alpha value is -3.66. The van der Waals surface area contributed by atoms with Gasteiger partial charge in [0.15, 0.2) is 5.41 Å². The lowest BCUT2D eigenvalue weighted by Crippen LogP contribution is -2.57. The predicted molar refractivity (Wildman–Crippen MR) is 103 cm³/mol. The summed E-state index contributed by atoms with van der Waals surface area (Å²) in [5.74, 6) is -2.61. The van der Waals surface area contributed by atoms with Crippen molar-refractivity contribution in [2.45, 2.75) is 25.7 Å². The van der Waals surface area contributed by atoms with E-state index in [-0.39, 0.29) is 0 Å². The third-order valence-electron chi connectivity index (χ3n) is 6.22. The second-order valence-electron chi connectivity index (χ2n) is 7.55. The summed E-state index contributed by atoms with van der Waals surface area (Å²) in [6.07, 6.45) is -1.07. The lowest BCUT2D eigenvalue weighted by atomic mass is 9.53. The van der Waals surface area contributed by atoms with E-state index in [0.29, 0.717) is 11.1 Å². The van der Waals surface area contributed by atoms with Crippen molar-refractivity contribution in [2.24, 2.45) is 16.7 Å². The van der Waals surface area contributed by atoms with Gasteiger partial charge in [-0.05, 0) is 12.5 Å². The summed E-state index contributed by atoms with van der Waals surface area (Å²) >= 11 is 0. The Kier molecular flexibility index (Phi) is 3.98. The maximum absolute atomic E-state index is 10.2. The zero-order chi connectivity index (χ0) is 20.9. The number of nitrogens with zero attached hydrogens (tertiary/aromatic N) is 3. The van der Waals surface area contributed by atoms with Gasteiger partial charge in [0.05, 0.1) is 24.1 Å². The summed E-state index contributed by atoms with van der Waals surface area (Å²) in [5.41, 5.74) is -1.49. The highest BCUT2D eigenvalue weighted by molar-refractivity contribution is 5.89. The van der Waals surface area contributed by atoms with Crippen LogP contribution < -0.4 is 0 Å². The van der Waals surface area contributed by atoms with E-state index in [2.05, 4.69) is 6.07 Å². The number of rotatable bonds is 2. The van der Waals surface area contributed by atoms with E-state index in [1.165, 1.54) is 0 Å². The summed E-state index contributed by atoms with van der Waals surface area (Å²) in [5, 5.41) is 39.2. The molecule has 2 saturated heterocycles. The highest BCUT2D eigenvalue weighted by Crippen LogP contribution is 2.68. The zero-order valence-corrected chi connectivity index (χ0v) is 16.0. The SMILES string of the molecule is Cc1ccc(C2OC3(c4ccccc4)OC(=N)C(C#N)(C3C)C2(C#N)C#N)cc1. The fourth-order valence-electron chi connectivity index (χ4n) is 4.58. The van der Waals surface area contributed by atoms with Crippen LogP contribution >= 0.6 is 0 Å². The van der Waals surface area contributed by atoms with Gasteiger partial charge in [-0.15, -0.1) is 0 Å². The van der Waals surface area contributed by atoms with Crippen molar-refractivity contribution in [3.8, 4) is 18.2 Å². The third-order valence-corrected chi connectivity index (χ3v) is 6.22. The molecule has 2 fully saturated rings. The standard InChI is InChI=1S/C23H18N4O2/c1-15-8-10-17(11-9-15)19-21(12-24,13-25)22(14-26)16(2)23(28-19,29-20(22)27)18-6-4-3-5-7-18/h3-11,16,19,27H,1-2H3. The molecule has 0 aliphatic carbocycles. The van der Waals surface area contributed by atoms with E-state index in [1.54, 1.807) is 31.2 Å². The predicted octanol–water partition coefficient (Wildman–Crippen LogP) is 4.11. The third kappa shape index (κ3) is 2.08. The van der Waals surface area contributed by atoms with Gasteiger partial charge < -0.3 is 9.47 Å². The molecule has 6 nitrogen and oxygen atoms in total. The second kappa shape index (κ2) is 6.17. The van der Waals surface area contributed by atoms with Crippen LogP contribution in [0.15, 0.2) is 54.6 Å². The molecule has 2 aliphatic heterocycles. The largest absolute Gasteiger partial charge is 0.443 e. The van der Waals surface area contributed by atoms with Crippen molar-refractivity contribution in [1.82, 2.24) is 0 Å². The molecule has 2 aliphatic rings. The van der Waals surface area contributed by atoms with Crippen molar-refractivity contribution >= 4 is 5.90 Å². The number of nitrogens with one attached hydrogen (secondary N) is 1. The van der Waals surface area contributed by atoms with Crippen molar-refractivity contribution in [2.75, 3.05) is 0 Å². The second-order valence-corrected chi connectivity index (χ2v) is 7.55. The summed E-state index contributed by atoms with van der Waals surface area (Å²) in [7, 11) is 0. The van der Waals surface area contributed by atoms with Crippen LogP contribution in [0.4, 0.5) is 0 Å². The minimum Gasteiger partial charge on any atom is -0.443 e. The first-order valence-electron chi connectivity index (χ1n) is 9.23. The zero-order valence-electron chi connectivity index (χ0n) is 16.0. The summed E-state index contributed by atoms with van der Waals surface area (Å²) < 4.78 is 12.4. The first-order chi connectivity index (χ1) is 13.9. The summed E-state index contributed by atoms with van der Waals surface area (Å²) in [4.78, 5) is 0. The maximum Gasteiger partial charge on any atom is 0.244 e. The van der Waals surface area contributed by atoms with Gasteiger partial charge in [-0.3, -0.25) is 5.41 Å². The number of benzene rings is 2. The Morgan fingerprint density at radius 1 is 0.931 bits per heavy atom. The number of aryl methyl sites for hydroxylation is 1. The quantitative estimate of drug-likeness (QED) is 0.839. The van der Waals surface area contributed by atoms with Crippen molar-refractivity contribution < 1.29 is 9.47 Å². The first kappa shape index (κ1) is 18.7. The van der Waals surface area contributed by atoms with Crippen molar-refractivity contribution in [3.63, 3.8) is 0 Å². The number of hydrogen-bond donors (Lipinski definition) is 1. The van der Waals surface area contributed by atoms with Gasteiger partial charge in [0.2, 0.25) is 17.1 Å². The van der Waals surface area contributed by atoms with Crippen LogP contribution in [0.1, 0.15) is 29.7 Å². The average molecular weight is 382 g/mol. The van der Waals surface area contributed by atoms with E-state index in [0.717, 1.165) is 5.56 Å². The van der Waals surface area contributed by atoms with Crippen LogP contribution in [0.25, 0.3) is 0 Å². The van der Waals surface area contributed by atoms with Crippen LogP contribution in [0.2, 0.25) is 0 Å². The fraction of sp³-hybridized carbons (Fsp3) is 0.304. The minimum absolute atomic E-state index is 0.408. The molecule has 4 unspecified atom stereocenters. The van der Waals surface area contributed by atoms with Crippen LogP contribution in [0.3, 0.4) is 0 Å². The average Bonchev–Trinajstić information content (AvgIpc) is 2.91. The van der Waals surface area contributed by atoms with Gasteiger partial charge in [0.25, 0.3) is 0 Å². The molecule has 2 aromatic rings. The van der Waals surface area contributed by atoms with Gasteiger partial charge in [0, 0.05) is 5.56 Å². The van der Waals surface area contributed by atoms with Crippen molar-refractivity contribution in [1.29, 1.82) is 21.2 Å².